The van der Waals surface area contributed by atoms with Gasteiger partial charge in [0.2, 0.25) is 0 Å². The van der Waals surface area contributed by atoms with Crippen molar-refractivity contribution in [3.05, 3.63) is 44.0 Å². The lowest BCUT2D eigenvalue weighted by atomic mass is 9.99. The Hall–Kier alpha value is -2.26. The van der Waals surface area contributed by atoms with E-state index < -0.39 is 33.2 Å². The molecule has 1 aromatic rings. The summed E-state index contributed by atoms with van der Waals surface area (Å²) in [5.74, 6) is -0.456. The first kappa shape index (κ1) is 21.7. The van der Waals surface area contributed by atoms with Crippen molar-refractivity contribution in [2.45, 2.75) is 32.9 Å². The van der Waals surface area contributed by atoms with Crippen LogP contribution in [0.3, 0.4) is 0 Å². The Labute approximate surface area is 145 Å². The SMILES string of the molecule is CC[C@H](C)[C@H](NC)C(=O)OCc1cc([N+](=O)[O-])cc([N+](=O)[O-])c1.Cl. The number of nitrogens with one attached hydrogen (secondary N) is 1. The molecule has 0 bridgehead atoms. The van der Waals surface area contributed by atoms with Crippen molar-refractivity contribution in [2.75, 3.05) is 7.05 Å². The van der Waals surface area contributed by atoms with Crippen LogP contribution >= 0.6 is 12.4 Å². The summed E-state index contributed by atoms with van der Waals surface area (Å²) in [5, 5.41) is 24.5. The molecule has 2 atom stereocenters. The maximum Gasteiger partial charge on any atom is 0.323 e. The van der Waals surface area contributed by atoms with Gasteiger partial charge in [0.05, 0.1) is 15.9 Å². The number of rotatable bonds is 8. The third-order valence-electron chi connectivity index (χ3n) is 3.54. The van der Waals surface area contributed by atoms with E-state index in [-0.39, 0.29) is 30.5 Å². The van der Waals surface area contributed by atoms with E-state index in [0.717, 1.165) is 24.6 Å². The number of non-ortho nitro benzene ring substituents is 2. The second kappa shape index (κ2) is 9.78. The third-order valence-corrected chi connectivity index (χ3v) is 3.54. The van der Waals surface area contributed by atoms with Gasteiger partial charge in [-0.25, -0.2) is 0 Å². The number of carbonyl (C=O) groups is 1. The largest absolute Gasteiger partial charge is 0.460 e. The molecule has 0 unspecified atom stereocenters. The van der Waals surface area contributed by atoms with E-state index in [1.165, 1.54) is 0 Å². The number of likely N-dealkylation sites (N-methyl/N-ethyl adjacent to an activating group) is 1. The molecule has 9 nitrogen and oxygen atoms in total. The summed E-state index contributed by atoms with van der Waals surface area (Å²) >= 11 is 0. The number of nitro groups is 2. The highest BCUT2D eigenvalue weighted by molar-refractivity contribution is 5.85. The first-order valence-electron chi connectivity index (χ1n) is 7.06. The maximum atomic E-state index is 12.0. The Kier molecular flexibility index (Phi) is 8.86. The van der Waals surface area contributed by atoms with Gasteiger partial charge in [-0.05, 0) is 13.0 Å². The molecule has 24 heavy (non-hydrogen) atoms. The van der Waals surface area contributed by atoms with Crippen molar-refractivity contribution in [2.24, 2.45) is 5.92 Å². The predicted octanol–water partition coefficient (Wildman–Crippen LogP) is 2.60. The highest BCUT2D eigenvalue weighted by atomic mass is 35.5. The molecule has 1 N–H and O–H groups in total. The molecule has 0 saturated heterocycles. The quantitative estimate of drug-likeness (QED) is 0.428. The van der Waals surface area contributed by atoms with Crippen molar-refractivity contribution in [3.8, 4) is 0 Å². The second-order valence-corrected chi connectivity index (χ2v) is 5.13. The van der Waals surface area contributed by atoms with E-state index >= 15 is 0 Å². The molecule has 134 valence electrons. The smallest absolute Gasteiger partial charge is 0.323 e. The van der Waals surface area contributed by atoms with Crippen LogP contribution in [0.5, 0.6) is 0 Å². The Morgan fingerprint density at radius 1 is 1.21 bits per heavy atom. The molecule has 0 aliphatic heterocycles. The standard InChI is InChI=1S/C14H19N3O6.ClH/c1-4-9(2)13(15-3)14(18)23-8-10-5-11(16(19)20)7-12(6-10)17(21)22;/h5-7,9,13,15H,4,8H2,1-3H3;1H/t9-,13-;/m0./s1. The van der Waals surface area contributed by atoms with Crippen LogP contribution in [-0.4, -0.2) is 28.9 Å². The molecule has 0 aromatic heterocycles. The zero-order chi connectivity index (χ0) is 17.6. The van der Waals surface area contributed by atoms with E-state index in [0.29, 0.717) is 0 Å². The summed E-state index contributed by atoms with van der Waals surface area (Å²) in [6, 6.07) is 2.66. The lowest BCUT2D eigenvalue weighted by Crippen LogP contribution is -2.40. The number of carbonyl (C=O) groups excluding carboxylic acids is 1. The van der Waals surface area contributed by atoms with Gasteiger partial charge in [-0.1, -0.05) is 20.3 Å². The number of nitro benzene ring substituents is 2. The molecule has 0 spiro atoms. The Morgan fingerprint density at radius 2 is 1.71 bits per heavy atom. The van der Waals surface area contributed by atoms with Crippen molar-refractivity contribution in [1.82, 2.24) is 5.32 Å². The minimum absolute atomic E-state index is 0. The molecular weight excluding hydrogens is 342 g/mol. The number of halogens is 1. The Bertz CT molecular complexity index is 578. The topological polar surface area (TPSA) is 125 Å². The highest BCUT2D eigenvalue weighted by Gasteiger charge is 2.24. The summed E-state index contributed by atoms with van der Waals surface area (Å²) < 4.78 is 5.13. The molecule has 0 fully saturated rings. The molecule has 0 heterocycles. The number of nitrogens with zero attached hydrogens (tertiary/aromatic N) is 2. The lowest BCUT2D eigenvalue weighted by molar-refractivity contribution is -0.394. The average molecular weight is 362 g/mol. The first-order chi connectivity index (χ1) is 10.8. The summed E-state index contributed by atoms with van der Waals surface area (Å²) in [4.78, 5) is 32.2. The summed E-state index contributed by atoms with van der Waals surface area (Å²) in [7, 11) is 1.64. The van der Waals surface area contributed by atoms with Crippen LogP contribution < -0.4 is 5.32 Å². The third kappa shape index (κ3) is 5.74. The van der Waals surface area contributed by atoms with Gasteiger partial charge in [-0.3, -0.25) is 25.0 Å². The van der Waals surface area contributed by atoms with Gasteiger partial charge < -0.3 is 10.1 Å². The van der Waals surface area contributed by atoms with Gasteiger partial charge in [-0.15, -0.1) is 12.4 Å². The Balaban J connectivity index is 0.00000529. The monoisotopic (exact) mass is 361 g/mol. The van der Waals surface area contributed by atoms with Gasteiger partial charge in [0.1, 0.15) is 12.6 Å². The van der Waals surface area contributed by atoms with Crippen molar-refractivity contribution >= 4 is 29.8 Å². The number of hydrogen-bond acceptors (Lipinski definition) is 7. The highest BCUT2D eigenvalue weighted by Crippen LogP contribution is 2.23. The van der Waals surface area contributed by atoms with Crippen molar-refractivity contribution in [1.29, 1.82) is 0 Å². The molecule has 0 saturated carbocycles. The zero-order valence-electron chi connectivity index (χ0n) is 13.6. The fraction of sp³-hybridized carbons (Fsp3) is 0.500. The molecule has 10 heteroatoms. The molecule has 1 rings (SSSR count). The van der Waals surface area contributed by atoms with Gasteiger partial charge >= 0.3 is 5.97 Å². The van der Waals surface area contributed by atoms with E-state index in [1.54, 1.807) is 7.05 Å². The van der Waals surface area contributed by atoms with Crippen LogP contribution in [0.1, 0.15) is 25.8 Å². The summed E-state index contributed by atoms with van der Waals surface area (Å²) in [5.41, 5.74) is -0.645. The number of ether oxygens (including phenoxy) is 1. The summed E-state index contributed by atoms with van der Waals surface area (Å²) in [6.07, 6.45) is 0.767. The van der Waals surface area contributed by atoms with E-state index in [9.17, 15) is 25.0 Å². The predicted molar refractivity (Wildman–Crippen MR) is 89.1 cm³/mol. The number of benzene rings is 1. The molecule has 0 aliphatic rings. The second-order valence-electron chi connectivity index (χ2n) is 5.13. The maximum absolute atomic E-state index is 12.0. The van der Waals surface area contributed by atoms with Crippen LogP contribution in [0, 0.1) is 26.1 Å². The minimum atomic E-state index is -0.728. The molecule has 0 radical (unpaired) electrons. The molecule has 1 aromatic carbocycles. The van der Waals surface area contributed by atoms with Crippen molar-refractivity contribution in [3.63, 3.8) is 0 Å². The van der Waals surface area contributed by atoms with Crippen LogP contribution in [-0.2, 0) is 16.1 Å². The fourth-order valence-electron chi connectivity index (χ4n) is 2.07. The molecule has 0 aliphatic carbocycles. The van der Waals surface area contributed by atoms with Gasteiger partial charge in [0, 0.05) is 17.7 Å². The Morgan fingerprint density at radius 3 is 2.08 bits per heavy atom. The lowest BCUT2D eigenvalue weighted by Gasteiger charge is -2.20. The molecule has 0 amide bonds. The zero-order valence-corrected chi connectivity index (χ0v) is 14.4. The van der Waals surface area contributed by atoms with Crippen LogP contribution in [0.25, 0.3) is 0 Å². The molecular formula is C14H20ClN3O6. The van der Waals surface area contributed by atoms with Crippen LogP contribution in [0.2, 0.25) is 0 Å². The minimum Gasteiger partial charge on any atom is -0.460 e. The van der Waals surface area contributed by atoms with Crippen molar-refractivity contribution < 1.29 is 19.4 Å². The number of hydrogen-bond donors (Lipinski definition) is 1. The van der Waals surface area contributed by atoms with Gasteiger partial charge in [0.15, 0.2) is 0 Å². The van der Waals surface area contributed by atoms with E-state index in [2.05, 4.69) is 5.32 Å². The van der Waals surface area contributed by atoms with Gasteiger partial charge in [0.25, 0.3) is 11.4 Å². The fourth-order valence-corrected chi connectivity index (χ4v) is 2.07. The van der Waals surface area contributed by atoms with E-state index in [1.807, 2.05) is 13.8 Å². The van der Waals surface area contributed by atoms with Crippen LogP contribution in [0.4, 0.5) is 11.4 Å². The summed E-state index contributed by atoms with van der Waals surface area (Å²) in [6.45, 7) is 3.56. The van der Waals surface area contributed by atoms with E-state index in [4.69, 9.17) is 4.74 Å². The van der Waals surface area contributed by atoms with Gasteiger partial charge in [-0.2, -0.15) is 0 Å². The average Bonchev–Trinajstić information content (AvgIpc) is 2.52. The first-order valence-corrected chi connectivity index (χ1v) is 7.06. The number of esters is 1. The normalized spacial score (nSPS) is 12.6. The van der Waals surface area contributed by atoms with Crippen LogP contribution in [0.15, 0.2) is 18.2 Å².